The van der Waals surface area contributed by atoms with Crippen molar-refractivity contribution >= 4 is 28.1 Å². The number of hydrogen-bond donors (Lipinski definition) is 1. The molecule has 1 saturated heterocycles. The Morgan fingerprint density at radius 1 is 1.26 bits per heavy atom. The number of nitro benzene ring substituents is 1. The standard InChI is InChI=1S/C17H20N4O4S.ClH/c1-12-5-6-13(2)17(16(12)21(22)23)26(24,25)20-9-8-19-11-15(20)14-4-3-7-18-10-14;/h3-7,10,15,19H,8-9,11H2,1-2H3;1H. The van der Waals surface area contributed by atoms with Gasteiger partial charge in [-0.1, -0.05) is 18.2 Å². The quantitative estimate of drug-likeness (QED) is 0.610. The van der Waals surface area contributed by atoms with Gasteiger partial charge in [0.25, 0.3) is 15.7 Å². The van der Waals surface area contributed by atoms with Gasteiger partial charge < -0.3 is 5.32 Å². The van der Waals surface area contributed by atoms with E-state index >= 15 is 0 Å². The summed E-state index contributed by atoms with van der Waals surface area (Å²) in [5.41, 5.74) is 1.09. The molecule has 8 nitrogen and oxygen atoms in total. The third-order valence-electron chi connectivity index (χ3n) is 4.54. The van der Waals surface area contributed by atoms with Crippen LogP contribution in [0.4, 0.5) is 5.69 Å². The number of nitrogens with one attached hydrogen (secondary N) is 1. The van der Waals surface area contributed by atoms with E-state index in [4.69, 9.17) is 0 Å². The van der Waals surface area contributed by atoms with Gasteiger partial charge in [-0.05, 0) is 31.0 Å². The number of benzene rings is 1. The lowest BCUT2D eigenvalue weighted by atomic mass is 10.1. The molecular formula is C17H21ClN4O4S. The van der Waals surface area contributed by atoms with E-state index in [0.29, 0.717) is 24.2 Å². The number of nitrogens with zero attached hydrogens (tertiary/aromatic N) is 3. The average molecular weight is 413 g/mol. The van der Waals surface area contributed by atoms with E-state index in [2.05, 4.69) is 10.3 Å². The van der Waals surface area contributed by atoms with Crippen molar-refractivity contribution in [2.75, 3.05) is 19.6 Å². The topological polar surface area (TPSA) is 105 Å². The molecule has 1 fully saturated rings. The second kappa shape index (κ2) is 8.30. The van der Waals surface area contributed by atoms with Crippen molar-refractivity contribution < 1.29 is 13.3 Å². The molecule has 1 N–H and O–H groups in total. The maximum Gasteiger partial charge on any atom is 0.292 e. The molecule has 1 aromatic carbocycles. The summed E-state index contributed by atoms with van der Waals surface area (Å²) < 4.78 is 28.2. The molecule has 10 heteroatoms. The minimum atomic E-state index is -4.06. The predicted molar refractivity (Wildman–Crippen MR) is 104 cm³/mol. The fourth-order valence-corrected chi connectivity index (χ4v) is 5.32. The van der Waals surface area contributed by atoms with E-state index in [0.717, 1.165) is 5.56 Å². The van der Waals surface area contributed by atoms with Gasteiger partial charge in [-0.3, -0.25) is 15.1 Å². The fraction of sp³-hybridized carbons (Fsp3) is 0.353. The Kier molecular flexibility index (Phi) is 6.53. The molecule has 1 aliphatic heterocycles. The highest BCUT2D eigenvalue weighted by Crippen LogP contribution is 2.36. The van der Waals surface area contributed by atoms with Crippen LogP contribution in [-0.4, -0.2) is 42.3 Å². The number of halogens is 1. The van der Waals surface area contributed by atoms with Crippen LogP contribution in [0.1, 0.15) is 22.7 Å². The summed E-state index contributed by atoms with van der Waals surface area (Å²) in [4.78, 5) is 14.8. The van der Waals surface area contributed by atoms with Crippen LogP contribution in [0, 0.1) is 24.0 Å². The smallest absolute Gasteiger partial charge is 0.292 e. The summed E-state index contributed by atoms with van der Waals surface area (Å²) in [6.45, 7) is 4.26. The molecule has 1 atom stereocenters. The summed E-state index contributed by atoms with van der Waals surface area (Å²) in [6, 6.07) is 6.26. The van der Waals surface area contributed by atoms with Crippen molar-refractivity contribution in [1.82, 2.24) is 14.6 Å². The molecule has 2 aromatic rings. The van der Waals surface area contributed by atoms with Crippen LogP contribution in [0.3, 0.4) is 0 Å². The number of aryl methyl sites for hydroxylation is 2. The summed E-state index contributed by atoms with van der Waals surface area (Å²) in [6.07, 6.45) is 3.24. The van der Waals surface area contributed by atoms with Crippen LogP contribution in [0.5, 0.6) is 0 Å². The van der Waals surface area contributed by atoms with Crippen molar-refractivity contribution in [3.63, 3.8) is 0 Å². The number of piperazine rings is 1. The van der Waals surface area contributed by atoms with Crippen LogP contribution in [0.15, 0.2) is 41.6 Å². The Morgan fingerprint density at radius 3 is 2.59 bits per heavy atom. The molecule has 146 valence electrons. The van der Waals surface area contributed by atoms with E-state index in [-0.39, 0.29) is 29.5 Å². The van der Waals surface area contributed by atoms with E-state index in [1.54, 1.807) is 44.4 Å². The SMILES string of the molecule is Cc1ccc(C)c(S(=O)(=O)N2CCNCC2c2cccnc2)c1[N+](=O)[O-].Cl. The molecule has 1 aromatic heterocycles. The average Bonchev–Trinajstić information content (AvgIpc) is 2.63. The molecule has 0 spiro atoms. The first-order chi connectivity index (χ1) is 12.3. The monoisotopic (exact) mass is 412 g/mol. The first-order valence-electron chi connectivity index (χ1n) is 8.21. The molecule has 0 bridgehead atoms. The maximum atomic E-state index is 13.4. The van der Waals surface area contributed by atoms with Gasteiger partial charge in [0.15, 0.2) is 4.90 Å². The predicted octanol–water partition coefficient (Wildman–Crippen LogP) is 2.36. The minimum Gasteiger partial charge on any atom is -0.313 e. The number of aromatic nitrogens is 1. The van der Waals surface area contributed by atoms with Crippen molar-refractivity contribution in [3.8, 4) is 0 Å². The van der Waals surface area contributed by atoms with Gasteiger partial charge in [-0.15, -0.1) is 12.4 Å². The Hall–Kier alpha value is -2.07. The number of hydrogen-bond acceptors (Lipinski definition) is 6. The van der Waals surface area contributed by atoms with Crippen molar-refractivity contribution in [3.05, 3.63) is 63.5 Å². The van der Waals surface area contributed by atoms with E-state index in [1.165, 1.54) is 4.31 Å². The van der Waals surface area contributed by atoms with Gasteiger partial charge in [-0.25, -0.2) is 8.42 Å². The van der Waals surface area contributed by atoms with Crippen LogP contribution in [0.2, 0.25) is 0 Å². The molecule has 1 unspecified atom stereocenters. The van der Waals surface area contributed by atoms with Crippen molar-refractivity contribution in [2.45, 2.75) is 24.8 Å². The largest absolute Gasteiger partial charge is 0.313 e. The Bertz CT molecular complexity index is 937. The van der Waals surface area contributed by atoms with Crippen molar-refractivity contribution in [2.24, 2.45) is 0 Å². The lowest BCUT2D eigenvalue weighted by Crippen LogP contribution is -2.48. The Balaban J connectivity index is 0.00000261. The van der Waals surface area contributed by atoms with Gasteiger partial charge in [0, 0.05) is 37.6 Å². The van der Waals surface area contributed by atoms with Crippen LogP contribution in [-0.2, 0) is 10.0 Å². The zero-order valence-corrected chi connectivity index (χ0v) is 16.6. The lowest BCUT2D eigenvalue weighted by Gasteiger charge is -2.35. The second-order valence-corrected chi connectivity index (χ2v) is 8.08. The summed E-state index contributed by atoms with van der Waals surface area (Å²) in [7, 11) is -4.06. The fourth-order valence-electron chi connectivity index (χ4n) is 3.27. The highest BCUT2D eigenvalue weighted by atomic mass is 35.5. The number of nitro groups is 1. The highest BCUT2D eigenvalue weighted by molar-refractivity contribution is 7.89. The van der Waals surface area contributed by atoms with Crippen molar-refractivity contribution in [1.29, 1.82) is 0 Å². The molecular weight excluding hydrogens is 392 g/mol. The zero-order chi connectivity index (χ0) is 18.9. The summed E-state index contributed by atoms with van der Waals surface area (Å²) >= 11 is 0. The second-order valence-electron chi connectivity index (χ2n) is 6.26. The third kappa shape index (κ3) is 3.96. The molecule has 0 aliphatic carbocycles. The maximum absolute atomic E-state index is 13.4. The third-order valence-corrected chi connectivity index (χ3v) is 6.63. The Morgan fingerprint density at radius 2 is 1.96 bits per heavy atom. The number of sulfonamides is 1. The normalized spacial score (nSPS) is 17.9. The van der Waals surface area contributed by atoms with Gasteiger partial charge in [-0.2, -0.15) is 4.31 Å². The van der Waals surface area contributed by atoms with E-state index < -0.39 is 21.0 Å². The summed E-state index contributed by atoms with van der Waals surface area (Å²) in [5.74, 6) is 0. The molecule has 2 heterocycles. The molecule has 0 saturated carbocycles. The van der Waals surface area contributed by atoms with Crippen LogP contribution >= 0.6 is 12.4 Å². The molecule has 1 aliphatic rings. The van der Waals surface area contributed by atoms with E-state index in [9.17, 15) is 18.5 Å². The first-order valence-corrected chi connectivity index (χ1v) is 9.65. The van der Waals surface area contributed by atoms with E-state index in [1.807, 2.05) is 6.07 Å². The minimum absolute atomic E-state index is 0. The lowest BCUT2D eigenvalue weighted by molar-refractivity contribution is -0.388. The van der Waals surface area contributed by atoms with Gasteiger partial charge >= 0.3 is 0 Å². The highest BCUT2D eigenvalue weighted by Gasteiger charge is 2.39. The van der Waals surface area contributed by atoms with Gasteiger partial charge in [0.05, 0.1) is 11.0 Å². The van der Waals surface area contributed by atoms with Crippen LogP contribution < -0.4 is 5.32 Å². The molecule has 27 heavy (non-hydrogen) atoms. The summed E-state index contributed by atoms with van der Waals surface area (Å²) in [5, 5.41) is 14.8. The van der Waals surface area contributed by atoms with Gasteiger partial charge in [0.1, 0.15) is 0 Å². The zero-order valence-electron chi connectivity index (χ0n) is 15.0. The number of pyridine rings is 1. The number of rotatable bonds is 4. The Labute approximate surface area is 164 Å². The van der Waals surface area contributed by atoms with Gasteiger partial charge in [0.2, 0.25) is 0 Å². The molecule has 3 rings (SSSR count). The first kappa shape index (κ1) is 21.2. The molecule has 0 amide bonds. The molecule has 0 radical (unpaired) electrons. The van der Waals surface area contributed by atoms with Crippen LogP contribution in [0.25, 0.3) is 0 Å².